The first-order valence-electron chi connectivity index (χ1n) is 5.87. The van der Waals surface area contributed by atoms with Crippen molar-refractivity contribution in [2.75, 3.05) is 7.05 Å². The van der Waals surface area contributed by atoms with Crippen molar-refractivity contribution in [1.29, 1.82) is 0 Å². The molecule has 0 radical (unpaired) electrons. The number of nitrogens with zero attached hydrogens (tertiary/aromatic N) is 5. The summed E-state index contributed by atoms with van der Waals surface area (Å²) in [6.07, 6.45) is 3.42. The van der Waals surface area contributed by atoms with E-state index in [0.717, 1.165) is 15.9 Å². The summed E-state index contributed by atoms with van der Waals surface area (Å²) in [4.78, 5) is 13.8. The van der Waals surface area contributed by atoms with E-state index < -0.39 is 0 Å². The number of aromatic nitrogens is 4. The van der Waals surface area contributed by atoms with Gasteiger partial charge in [-0.15, -0.1) is 0 Å². The number of carbonyl (C=O) groups excluding carboxylic acids is 1. The lowest BCUT2D eigenvalue weighted by Crippen LogP contribution is -2.31. The van der Waals surface area contributed by atoms with Gasteiger partial charge in [-0.3, -0.25) is 14.2 Å². The van der Waals surface area contributed by atoms with Gasteiger partial charge < -0.3 is 4.90 Å². The Bertz CT molecular complexity index is 569. The van der Waals surface area contributed by atoms with Gasteiger partial charge in [0.1, 0.15) is 6.54 Å². The van der Waals surface area contributed by atoms with Crippen molar-refractivity contribution in [2.45, 2.75) is 20.0 Å². The first kappa shape index (κ1) is 13.8. The minimum Gasteiger partial charge on any atom is -0.338 e. The molecule has 2 heterocycles. The average Bonchev–Trinajstić information content (AvgIpc) is 2.90. The Morgan fingerprint density at radius 3 is 2.74 bits per heavy atom. The highest BCUT2D eigenvalue weighted by molar-refractivity contribution is 9.10. The Labute approximate surface area is 120 Å². The topological polar surface area (TPSA) is 56.0 Å². The van der Waals surface area contributed by atoms with E-state index in [1.54, 1.807) is 33.7 Å². The van der Waals surface area contributed by atoms with Gasteiger partial charge in [0.05, 0.1) is 22.9 Å². The molecule has 2 aromatic rings. The van der Waals surface area contributed by atoms with Crippen molar-refractivity contribution in [2.24, 2.45) is 7.05 Å². The smallest absolute Gasteiger partial charge is 0.244 e. The molecule has 7 heteroatoms. The maximum absolute atomic E-state index is 12.1. The molecule has 0 saturated heterocycles. The number of hydrogen-bond acceptors (Lipinski definition) is 3. The molecule has 0 aliphatic heterocycles. The Balaban J connectivity index is 2.02. The van der Waals surface area contributed by atoms with E-state index in [0.29, 0.717) is 6.54 Å². The van der Waals surface area contributed by atoms with Gasteiger partial charge >= 0.3 is 0 Å². The number of amides is 1. The molecule has 2 rings (SSSR count). The van der Waals surface area contributed by atoms with Gasteiger partial charge in [0.25, 0.3) is 0 Å². The summed E-state index contributed by atoms with van der Waals surface area (Å²) < 4.78 is 4.36. The van der Waals surface area contributed by atoms with E-state index in [1.165, 1.54) is 0 Å². The van der Waals surface area contributed by atoms with E-state index in [4.69, 9.17) is 0 Å². The van der Waals surface area contributed by atoms with Crippen LogP contribution in [0.1, 0.15) is 11.4 Å². The highest BCUT2D eigenvalue weighted by Gasteiger charge is 2.15. The van der Waals surface area contributed by atoms with Gasteiger partial charge in [0.15, 0.2) is 0 Å². The van der Waals surface area contributed by atoms with Crippen LogP contribution in [-0.2, 0) is 24.9 Å². The molecule has 2 aromatic heterocycles. The van der Waals surface area contributed by atoms with Crippen molar-refractivity contribution < 1.29 is 4.79 Å². The fraction of sp³-hybridized carbons (Fsp3) is 0.417. The van der Waals surface area contributed by atoms with Crippen LogP contribution in [0.5, 0.6) is 0 Å². The predicted octanol–water partition coefficient (Wildman–Crippen LogP) is 1.35. The standard InChI is InChI=1S/C12H16BrN5O/c1-9-4-5-14-18(9)8-12(19)16(2)7-11-10(13)6-15-17(11)3/h4-6H,7-8H2,1-3H3. The lowest BCUT2D eigenvalue weighted by atomic mass is 10.3. The number of likely N-dealkylation sites (N-methyl/N-ethyl adjacent to an activating group) is 1. The molecule has 0 aliphatic rings. The van der Waals surface area contributed by atoms with Gasteiger partial charge in [-0.1, -0.05) is 0 Å². The molecule has 0 N–H and O–H groups in total. The lowest BCUT2D eigenvalue weighted by molar-refractivity contribution is -0.131. The highest BCUT2D eigenvalue weighted by atomic mass is 79.9. The van der Waals surface area contributed by atoms with Gasteiger partial charge in [0.2, 0.25) is 5.91 Å². The summed E-state index contributed by atoms with van der Waals surface area (Å²) in [5.74, 6) is 0.0138. The van der Waals surface area contributed by atoms with Crippen LogP contribution in [0.2, 0.25) is 0 Å². The monoisotopic (exact) mass is 325 g/mol. The van der Waals surface area contributed by atoms with Gasteiger partial charge in [0, 0.05) is 26.0 Å². The fourth-order valence-electron chi connectivity index (χ4n) is 1.74. The Morgan fingerprint density at radius 1 is 1.47 bits per heavy atom. The number of hydrogen-bond donors (Lipinski definition) is 0. The van der Waals surface area contributed by atoms with E-state index in [-0.39, 0.29) is 12.5 Å². The molecule has 0 saturated carbocycles. The van der Waals surface area contributed by atoms with Crippen LogP contribution in [0.25, 0.3) is 0 Å². The van der Waals surface area contributed by atoms with Crippen molar-refractivity contribution in [3.63, 3.8) is 0 Å². The number of carbonyl (C=O) groups is 1. The Hall–Kier alpha value is -1.63. The van der Waals surface area contributed by atoms with Crippen molar-refractivity contribution in [1.82, 2.24) is 24.5 Å². The summed E-state index contributed by atoms with van der Waals surface area (Å²) in [7, 11) is 3.64. The van der Waals surface area contributed by atoms with Crippen LogP contribution in [0.15, 0.2) is 22.9 Å². The van der Waals surface area contributed by atoms with Crippen LogP contribution in [0.3, 0.4) is 0 Å². The largest absolute Gasteiger partial charge is 0.338 e. The quantitative estimate of drug-likeness (QED) is 0.852. The highest BCUT2D eigenvalue weighted by Crippen LogP contribution is 2.16. The second kappa shape index (κ2) is 5.56. The van der Waals surface area contributed by atoms with E-state index in [9.17, 15) is 4.79 Å². The van der Waals surface area contributed by atoms with Gasteiger partial charge in [-0.2, -0.15) is 10.2 Å². The lowest BCUT2D eigenvalue weighted by Gasteiger charge is -2.18. The molecule has 0 bridgehead atoms. The first-order chi connectivity index (χ1) is 8.99. The second-order valence-corrected chi connectivity index (χ2v) is 5.30. The molecule has 0 fully saturated rings. The molecule has 0 unspecified atom stereocenters. The van der Waals surface area contributed by atoms with Crippen LogP contribution in [0.4, 0.5) is 0 Å². The zero-order valence-corrected chi connectivity index (χ0v) is 12.8. The first-order valence-corrected chi connectivity index (χ1v) is 6.67. The number of aryl methyl sites for hydroxylation is 2. The maximum Gasteiger partial charge on any atom is 0.244 e. The van der Waals surface area contributed by atoms with Crippen molar-refractivity contribution in [3.8, 4) is 0 Å². The molecule has 0 spiro atoms. The zero-order valence-electron chi connectivity index (χ0n) is 11.2. The molecule has 19 heavy (non-hydrogen) atoms. The van der Waals surface area contributed by atoms with E-state index in [1.807, 2.05) is 20.0 Å². The van der Waals surface area contributed by atoms with Crippen LogP contribution in [0, 0.1) is 6.92 Å². The molecular weight excluding hydrogens is 310 g/mol. The van der Waals surface area contributed by atoms with Crippen molar-refractivity contribution in [3.05, 3.63) is 34.3 Å². The normalized spacial score (nSPS) is 10.7. The summed E-state index contributed by atoms with van der Waals surface area (Å²) >= 11 is 3.43. The number of rotatable bonds is 4. The fourth-order valence-corrected chi connectivity index (χ4v) is 2.21. The predicted molar refractivity (Wildman–Crippen MR) is 74.3 cm³/mol. The molecule has 0 atom stereocenters. The van der Waals surface area contributed by atoms with Gasteiger partial charge in [-0.05, 0) is 28.9 Å². The SMILES string of the molecule is Cc1ccnn1CC(=O)N(C)Cc1c(Br)cnn1C. The summed E-state index contributed by atoms with van der Waals surface area (Å²) in [5.41, 5.74) is 1.94. The molecular formula is C12H16BrN5O. The third kappa shape index (κ3) is 3.04. The third-order valence-corrected chi connectivity index (χ3v) is 3.70. The summed E-state index contributed by atoms with van der Waals surface area (Å²) in [6.45, 7) is 2.69. The average molecular weight is 326 g/mol. The maximum atomic E-state index is 12.1. The van der Waals surface area contributed by atoms with Crippen LogP contribution >= 0.6 is 15.9 Å². The van der Waals surface area contributed by atoms with E-state index in [2.05, 4.69) is 26.1 Å². The third-order valence-electron chi connectivity index (χ3n) is 3.04. The minimum atomic E-state index is 0.0138. The molecule has 6 nitrogen and oxygen atoms in total. The van der Waals surface area contributed by atoms with Crippen LogP contribution < -0.4 is 0 Å². The molecule has 0 aliphatic carbocycles. The van der Waals surface area contributed by atoms with Crippen molar-refractivity contribution >= 4 is 21.8 Å². The Kier molecular flexibility index (Phi) is 4.04. The molecule has 1 amide bonds. The molecule has 0 aromatic carbocycles. The summed E-state index contributed by atoms with van der Waals surface area (Å²) in [6, 6.07) is 1.88. The minimum absolute atomic E-state index is 0.0138. The van der Waals surface area contributed by atoms with Crippen LogP contribution in [-0.4, -0.2) is 37.4 Å². The zero-order chi connectivity index (χ0) is 14.0. The number of halogens is 1. The van der Waals surface area contributed by atoms with Gasteiger partial charge in [-0.25, -0.2) is 0 Å². The molecule has 102 valence electrons. The van der Waals surface area contributed by atoms with E-state index >= 15 is 0 Å². The summed E-state index contributed by atoms with van der Waals surface area (Å²) in [5, 5.41) is 8.25. The Morgan fingerprint density at radius 2 is 2.21 bits per heavy atom. The second-order valence-electron chi connectivity index (χ2n) is 4.44.